The highest BCUT2D eigenvalue weighted by Gasteiger charge is 2.22. The van der Waals surface area contributed by atoms with Gasteiger partial charge < -0.3 is 10.6 Å². The van der Waals surface area contributed by atoms with Gasteiger partial charge in [-0.05, 0) is 50.3 Å². The third kappa shape index (κ3) is 2.42. The van der Waals surface area contributed by atoms with E-state index in [2.05, 4.69) is 28.0 Å². The summed E-state index contributed by atoms with van der Waals surface area (Å²) in [7, 11) is 0. The molecule has 5 nitrogen and oxygen atoms in total. The van der Waals surface area contributed by atoms with E-state index in [1.54, 1.807) is 0 Å². The van der Waals surface area contributed by atoms with Crippen LogP contribution in [0.3, 0.4) is 0 Å². The highest BCUT2D eigenvalue weighted by atomic mass is 15.4. The first-order valence-corrected chi connectivity index (χ1v) is 7.05. The minimum absolute atomic E-state index is 0.687. The Bertz CT molecular complexity index is 560. The maximum absolute atomic E-state index is 5.67. The molecule has 1 atom stereocenters. The minimum atomic E-state index is 0.687. The third-order valence-electron chi connectivity index (χ3n) is 3.92. The predicted molar refractivity (Wildman–Crippen MR) is 76.3 cm³/mol. The number of piperidine rings is 1. The van der Waals surface area contributed by atoms with Crippen molar-refractivity contribution in [2.24, 2.45) is 11.7 Å². The van der Waals surface area contributed by atoms with Gasteiger partial charge in [0, 0.05) is 19.3 Å². The second kappa shape index (κ2) is 5.17. The number of nitrogens with zero attached hydrogens (tertiary/aromatic N) is 4. The van der Waals surface area contributed by atoms with Crippen molar-refractivity contribution >= 4 is 11.6 Å². The van der Waals surface area contributed by atoms with Gasteiger partial charge in [0.25, 0.3) is 0 Å². The van der Waals surface area contributed by atoms with Gasteiger partial charge in [-0.3, -0.25) is 0 Å². The Labute approximate surface area is 113 Å². The van der Waals surface area contributed by atoms with E-state index in [1.165, 1.54) is 12.8 Å². The van der Waals surface area contributed by atoms with Gasteiger partial charge in [-0.2, -0.15) is 4.98 Å². The first-order chi connectivity index (χ1) is 9.28. The lowest BCUT2D eigenvalue weighted by atomic mass is 9.95. The molecular formula is C14H21N5. The molecule has 0 saturated carbocycles. The summed E-state index contributed by atoms with van der Waals surface area (Å²) >= 11 is 0. The summed E-state index contributed by atoms with van der Waals surface area (Å²) in [5.41, 5.74) is 7.79. The highest BCUT2D eigenvalue weighted by Crippen LogP contribution is 2.23. The van der Waals surface area contributed by atoms with Crippen molar-refractivity contribution < 1.29 is 0 Å². The van der Waals surface area contributed by atoms with Gasteiger partial charge in [0.05, 0.1) is 0 Å². The lowest BCUT2D eigenvalue weighted by Crippen LogP contribution is -2.36. The maximum Gasteiger partial charge on any atom is 0.245 e. The Morgan fingerprint density at radius 3 is 3.16 bits per heavy atom. The monoisotopic (exact) mass is 259 g/mol. The molecule has 0 aliphatic carbocycles. The molecule has 5 heteroatoms. The highest BCUT2D eigenvalue weighted by molar-refractivity contribution is 5.50. The lowest BCUT2D eigenvalue weighted by Gasteiger charge is -2.31. The molecule has 102 valence electrons. The van der Waals surface area contributed by atoms with Crippen LogP contribution in [0.5, 0.6) is 0 Å². The summed E-state index contributed by atoms with van der Waals surface area (Å²) < 4.78 is 1.87. The largest absolute Gasteiger partial charge is 0.339 e. The van der Waals surface area contributed by atoms with Crippen LogP contribution in [-0.2, 0) is 0 Å². The zero-order valence-corrected chi connectivity index (χ0v) is 11.4. The molecule has 0 amide bonds. The zero-order chi connectivity index (χ0) is 13.2. The molecule has 2 aromatic heterocycles. The van der Waals surface area contributed by atoms with Crippen molar-refractivity contribution in [3.05, 3.63) is 23.9 Å². The fourth-order valence-corrected chi connectivity index (χ4v) is 2.88. The lowest BCUT2D eigenvalue weighted by molar-refractivity contribution is 0.392. The Morgan fingerprint density at radius 2 is 2.37 bits per heavy atom. The van der Waals surface area contributed by atoms with Crippen molar-refractivity contribution in [3.8, 4) is 0 Å². The summed E-state index contributed by atoms with van der Waals surface area (Å²) in [5, 5.41) is 4.59. The number of hydrogen-bond acceptors (Lipinski definition) is 4. The number of fused-ring (bicyclic) bond motifs is 1. The number of nitrogens with two attached hydrogens (primary N) is 1. The molecule has 1 fully saturated rings. The molecule has 2 N–H and O–H groups in total. The number of rotatable bonds is 3. The van der Waals surface area contributed by atoms with Gasteiger partial charge in [-0.15, -0.1) is 5.10 Å². The van der Waals surface area contributed by atoms with E-state index in [0.717, 1.165) is 43.2 Å². The van der Waals surface area contributed by atoms with E-state index < -0.39 is 0 Å². The molecule has 1 unspecified atom stereocenters. The summed E-state index contributed by atoms with van der Waals surface area (Å²) in [4.78, 5) is 6.98. The molecule has 3 rings (SSSR count). The normalized spacial score (nSPS) is 20.1. The van der Waals surface area contributed by atoms with E-state index in [-0.39, 0.29) is 0 Å². The SMILES string of the molecule is Cc1cccn2nc(N3CCCC(CCN)C3)nc12. The molecular weight excluding hydrogens is 238 g/mol. The van der Waals surface area contributed by atoms with Crippen LogP contribution in [0.15, 0.2) is 18.3 Å². The standard InChI is InChI=1S/C14H21N5/c1-11-4-2-9-19-13(11)16-14(17-19)18-8-3-5-12(10-18)6-7-15/h2,4,9,12H,3,5-8,10,15H2,1H3. The average molecular weight is 259 g/mol. The van der Waals surface area contributed by atoms with Crippen molar-refractivity contribution in [3.63, 3.8) is 0 Å². The summed E-state index contributed by atoms with van der Waals surface area (Å²) in [6.45, 7) is 4.93. The van der Waals surface area contributed by atoms with E-state index >= 15 is 0 Å². The van der Waals surface area contributed by atoms with Crippen LogP contribution in [-0.4, -0.2) is 34.2 Å². The van der Waals surface area contributed by atoms with Crippen LogP contribution in [0.25, 0.3) is 5.65 Å². The Kier molecular flexibility index (Phi) is 3.38. The fourth-order valence-electron chi connectivity index (χ4n) is 2.88. The van der Waals surface area contributed by atoms with Gasteiger partial charge >= 0.3 is 0 Å². The van der Waals surface area contributed by atoms with Gasteiger partial charge in [0.15, 0.2) is 5.65 Å². The molecule has 0 bridgehead atoms. The summed E-state index contributed by atoms with van der Waals surface area (Å²) in [6.07, 6.45) is 5.54. The molecule has 1 aliphatic rings. The minimum Gasteiger partial charge on any atom is -0.339 e. The van der Waals surface area contributed by atoms with Gasteiger partial charge in [0.2, 0.25) is 5.95 Å². The quantitative estimate of drug-likeness (QED) is 0.909. The first-order valence-electron chi connectivity index (χ1n) is 7.05. The van der Waals surface area contributed by atoms with E-state index in [9.17, 15) is 0 Å². The Morgan fingerprint density at radius 1 is 1.47 bits per heavy atom. The summed E-state index contributed by atoms with van der Waals surface area (Å²) in [6, 6.07) is 4.08. The molecule has 1 saturated heterocycles. The van der Waals surface area contributed by atoms with Gasteiger partial charge in [0.1, 0.15) is 0 Å². The molecule has 0 aromatic carbocycles. The van der Waals surface area contributed by atoms with Crippen LogP contribution < -0.4 is 10.6 Å². The van der Waals surface area contributed by atoms with Crippen molar-refractivity contribution in [1.82, 2.24) is 14.6 Å². The van der Waals surface area contributed by atoms with Crippen LogP contribution >= 0.6 is 0 Å². The van der Waals surface area contributed by atoms with E-state index in [0.29, 0.717) is 5.92 Å². The van der Waals surface area contributed by atoms with E-state index in [1.807, 2.05) is 16.8 Å². The van der Waals surface area contributed by atoms with Crippen LogP contribution in [0.4, 0.5) is 5.95 Å². The predicted octanol–water partition coefficient (Wildman–Crippen LogP) is 1.60. The second-order valence-electron chi connectivity index (χ2n) is 5.40. The van der Waals surface area contributed by atoms with Gasteiger partial charge in [-0.1, -0.05) is 6.07 Å². The molecule has 0 spiro atoms. The average Bonchev–Trinajstić information content (AvgIpc) is 2.85. The smallest absolute Gasteiger partial charge is 0.245 e. The zero-order valence-electron chi connectivity index (χ0n) is 11.4. The number of anilines is 1. The van der Waals surface area contributed by atoms with Crippen LogP contribution in [0, 0.1) is 12.8 Å². The second-order valence-corrected chi connectivity index (χ2v) is 5.40. The first kappa shape index (κ1) is 12.4. The fraction of sp³-hybridized carbons (Fsp3) is 0.571. The number of aromatic nitrogens is 3. The van der Waals surface area contributed by atoms with Crippen LogP contribution in [0.2, 0.25) is 0 Å². The summed E-state index contributed by atoms with van der Waals surface area (Å²) in [5.74, 6) is 1.54. The van der Waals surface area contributed by atoms with Crippen LogP contribution in [0.1, 0.15) is 24.8 Å². The van der Waals surface area contributed by atoms with Crippen molar-refractivity contribution in [2.75, 3.05) is 24.5 Å². The number of aryl methyl sites for hydroxylation is 1. The molecule has 1 aliphatic heterocycles. The Hall–Kier alpha value is -1.62. The maximum atomic E-state index is 5.67. The molecule has 2 aromatic rings. The number of pyridine rings is 1. The number of hydrogen-bond donors (Lipinski definition) is 1. The van der Waals surface area contributed by atoms with Crippen molar-refractivity contribution in [2.45, 2.75) is 26.2 Å². The molecule has 3 heterocycles. The molecule has 19 heavy (non-hydrogen) atoms. The van der Waals surface area contributed by atoms with Gasteiger partial charge in [-0.25, -0.2) is 4.52 Å². The topological polar surface area (TPSA) is 59.5 Å². The molecule has 0 radical (unpaired) electrons. The third-order valence-corrected chi connectivity index (χ3v) is 3.92. The van der Waals surface area contributed by atoms with Crippen molar-refractivity contribution in [1.29, 1.82) is 0 Å². The van der Waals surface area contributed by atoms with E-state index in [4.69, 9.17) is 5.73 Å². The Balaban J connectivity index is 1.85.